The molecule has 0 spiro atoms. The van der Waals surface area contributed by atoms with Crippen LogP contribution in [0.1, 0.15) is 20.8 Å². The Morgan fingerprint density at radius 3 is 2.44 bits per heavy atom. The van der Waals surface area contributed by atoms with Gasteiger partial charge in [0.1, 0.15) is 11.9 Å². The van der Waals surface area contributed by atoms with Crippen LogP contribution in [0.3, 0.4) is 0 Å². The molecule has 1 rings (SSSR count). The number of ether oxygens (including phenoxy) is 1. The predicted octanol–water partition coefficient (Wildman–Crippen LogP) is 2.05. The number of carbonyl (C=O) groups is 2. The van der Waals surface area contributed by atoms with E-state index in [4.69, 9.17) is 4.74 Å². The van der Waals surface area contributed by atoms with Crippen molar-refractivity contribution >= 4 is 20.5 Å². The van der Waals surface area contributed by atoms with Crippen LogP contribution < -0.4 is 0 Å². The summed E-state index contributed by atoms with van der Waals surface area (Å²) >= 11 is 0. The average molecular weight is 243 g/mol. The topological polar surface area (TPSA) is 46.6 Å². The first kappa shape index (κ1) is 13.2. The van der Waals surface area contributed by atoms with Gasteiger partial charge in [-0.15, -0.1) is 0 Å². The monoisotopic (exact) mass is 243 g/mol. The van der Waals surface area contributed by atoms with E-state index < -0.39 is 13.7 Å². The molecule has 1 aliphatic heterocycles. The number of carbonyl (C=O) groups excluding carboxylic acids is 2. The molecule has 1 aliphatic rings. The first-order valence-corrected chi connectivity index (χ1v) is 9.01. The molecule has 16 heavy (non-hydrogen) atoms. The lowest BCUT2D eigenvalue weighted by Crippen LogP contribution is -2.42. The number of hydrogen-bond donors (Lipinski definition) is 0. The minimum Gasteiger partial charge on any atom is -0.444 e. The van der Waals surface area contributed by atoms with Crippen LogP contribution in [0, 0.1) is 0 Å². The summed E-state index contributed by atoms with van der Waals surface area (Å²) in [6, 6.07) is 0.562. The highest BCUT2D eigenvalue weighted by Crippen LogP contribution is 2.27. The Kier molecular flexibility index (Phi) is 3.47. The van der Waals surface area contributed by atoms with Crippen molar-refractivity contribution in [3.8, 4) is 0 Å². The second-order valence-electron chi connectivity index (χ2n) is 6.18. The molecule has 1 fully saturated rings. The Morgan fingerprint density at radius 2 is 2.00 bits per heavy atom. The summed E-state index contributed by atoms with van der Waals surface area (Å²) in [4.78, 5) is 24.4. The number of aldehydes is 1. The van der Waals surface area contributed by atoms with Crippen molar-refractivity contribution in [1.29, 1.82) is 0 Å². The molecule has 1 atom stereocenters. The molecule has 1 amide bonds. The Bertz CT molecular complexity index is 296. The number of amides is 1. The van der Waals surface area contributed by atoms with Gasteiger partial charge in [-0.2, -0.15) is 0 Å². The Labute approximate surface area is 98.0 Å². The lowest BCUT2D eigenvalue weighted by atomic mass is 10.2. The molecule has 0 bridgehead atoms. The van der Waals surface area contributed by atoms with Gasteiger partial charge in [-0.1, -0.05) is 13.1 Å². The molecular weight excluding hydrogens is 222 g/mol. The highest BCUT2D eigenvalue weighted by molar-refractivity contribution is 6.78. The van der Waals surface area contributed by atoms with E-state index in [1.807, 2.05) is 20.8 Å². The van der Waals surface area contributed by atoms with Crippen LogP contribution in [0.4, 0.5) is 4.79 Å². The van der Waals surface area contributed by atoms with Gasteiger partial charge in [0, 0.05) is 6.17 Å². The number of nitrogens with zero attached hydrogens (tertiary/aromatic N) is 1. The second kappa shape index (κ2) is 4.20. The van der Waals surface area contributed by atoms with E-state index in [0.717, 1.165) is 12.3 Å². The molecule has 0 radical (unpaired) electrons. The largest absolute Gasteiger partial charge is 0.444 e. The SMILES string of the molecule is CC(C)(C)OC(=O)N1C[Si](C)(C)C[C@@H]1C=O. The predicted molar refractivity (Wildman–Crippen MR) is 65.1 cm³/mol. The van der Waals surface area contributed by atoms with Crippen LogP contribution >= 0.6 is 0 Å². The lowest BCUT2D eigenvalue weighted by molar-refractivity contribution is -0.111. The smallest absolute Gasteiger partial charge is 0.410 e. The van der Waals surface area contributed by atoms with Gasteiger partial charge in [0.25, 0.3) is 0 Å². The van der Waals surface area contributed by atoms with Gasteiger partial charge in [-0.3, -0.25) is 0 Å². The van der Waals surface area contributed by atoms with E-state index in [0.29, 0.717) is 6.17 Å². The molecule has 5 heteroatoms. The fraction of sp³-hybridized carbons (Fsp3) is 0.818. The van der Waals surface area contributed by atoms with Crippen molar-refractivity contribution in [2.45, 2.75) is 51.6 Å². The molecule has 0 aromatic rings. The van der Waals surface area contributed by atoms with Gasteiger partial charge in [0.2, 0.25) is 0 Å². The molecule has 0 aromatic carbocycles. The lowest BCUT2D eigenvalue weighted by Gasteiger charge is -2.26. The van der Waals surface area contributed by atoms with Crippen molar-refractivity contribution in [3.05, 3.63) is 0 Å². The van der Waals surface area contributed by atoms with Gasteiger partial charge < -0.3 is 14.4 Å². The minimum atomic E-state index is -1.43. The summed E-state index contributed by atoms with van der Waals surface area (Å²) in [5.74, 6) is 0. The van der Waals surface area contributed by atoms with Crippen molar-refractivity contribution in [2.24, 2.45) is 0 Å². The molecule has 4 nitrogen and oxygen atoms in total. The Balaban J connectivity index is 2.72. The van der Waals surface area contributed by atoms with Crippen LogP contribution in [-0.4, -0.2) is 43.2 Å². The molecule has 0 N–H and O–H groups in total. The molecule has 0 unspecified atom stereocenters. The molecule has 1 saturated heterocycles. The first-order valence-electron chi connectivity index (χ1n) is 5.59. The average Bonchev–Trinajstić information content (AvgIpc) is 2.38. The fourth-order valence-electron chi connectivity index (χ4n) is 1.96. The quantitative estimate of drug-likeness (QED) is 0.523. The van der Waals surface area contributed by atoms with Crippen molar-refractivity contribution < 1.29 is 14.3 Å². The summed E-state index contributed by atoms with van der Waals surface area (Å²) in [5, 5.41) is 0. The maximum atomic E-state index is 11.9. The summed E-state index contributed by atoms with van der Waals surface area (Å²) < 4.78 is 5.30. The van der Waals surface area contributed by atoms with Crippen LogP contribution in [-0.2, 0) is 9.53 Å². The third-order valence-corrected chi connectivity index (χ3v) is 5.27. The molecular formula is C11H21NO3Si. The maximum absolute atomic E-state index is 11.9. The van der Waals surface area contributed by atoms with E-state index in [2.05, 4.69) is 13.1 Å². The van der Waals surface area contributed by atoms with Gasteiger partial charge in [0.05, 0.1) is 14.1 Å². The number of rotatable bonds is 1. The van der Waals surface area contributed by atoms with Crippen molar-refractivity contribution in [3.63, 3.8) is 0 Å². The standard InChI is InChI=1S/C11H21NO3Si/c1-11(2,3)15-10(14)12-8-16(4,5)7-9(12)6-13/h6,9H,7-8H2,1-5H3/t9-/m0/s1. The molecule has 0 saturated carbocycles. The molecule has 0 aliphatic carbocycles. The zero-order chi connectivity index (χ0) is 12.6. The zero-order valence-corrected chi connectivity index (χ0v) is 11.7. The highest BCUT2D eigenvalue weighted by atomic mass is 28.3. The summed E-state index contributed by atoms with van der Waals surface area (Å²) in [5.41, 5.74) is -0.501. The van der Waals surface area contributed by atoms with Gasteiger partial charge in [-0.25, -0.2) is 4.79 Å². The maximum Gasteiger partial charge on any atom is 0.410 e. The highest BCUT2D eigenvalue weighted by Gasteiger charge is 2.42. The summed E-state index contributed by atoms with van der Waals surface area (Å²) in [7, 11) is -1.43. The van der Waals surface area contributed by atoms with Gasteiger partial charge in [-0.05, 0) is 26.8 Å². The van der Waals surface area contributed by atoms with E-state index in [1.54, 1.807) is 4.90 Å². The van der Waals surface area contributed by atoms with E-state index >= 15 is 0 Å². The number of hydrogen-bond acceptors (Lipinski definition) is 3. The molecule has 0 aromatic heterocycles. The van der Waals surface area contributed by atoms with Crippen molar-refractivity contribution in [2.75, 3.05) is 6.17 Å². The Hall–Kier alpha value is -0.843. The second-order valence-corrected chi connectivity index (χ2v) is 11.2. The zero-order valence-electron chi connectivity index (χ0n) is 10.7. The third kappa shape index (κ3) is 3.33. The van der Waals surface area contributed by atoms with Gasteiger partial charge >= 0.3 is 6.09 Å². The van der Waals surface area contributed by atoms with Crippen molar-refractivity contribution in [1.82, 2.24) is 4.90 Å². The van der Waals surface area contributed by atoms with E-state index in [1.165, 1.54) is 0 Å². The summed E-state index contributed by atoms with van der Waals surface area (Å²) in [6.45, 7) is 9.88. The molecule has 92 valence electrons. The summed E-state index contributed by atoms with van der Waals surface area (Å²) in [6.07, 6.45) is 1.22. The van der Waals surface area contributed by atoms with Gasteiger partial charge in [0.15, 0.2) is 0 Å². The fourth-order valence-corrected chi connectivity index (χ4v) is 4.83. The van der Waals surface area contributed by atoms with Crippen LogP contribution in [0.25, 0.3) is 0 Å². The first-order chi connectivity index (χ1) is 7.14. The Morgan fingerprint density at radius 1 is 1.44 bits per heavy atom. The van der Waals surface area contributed by atoms with Crippen LogP contribution in [0.2, 0.25) is 19.1 Å². The van der Waals surface area contributed by atoms with E-state index in [-0.39, 0.29) is 12.1 Å². The third-order valence-electron chi connectivity index (χ3n) is 2.55. The minimum absolute atomic E-state index is 0.281. The van der Waals surface area contributed by atoms with E-state index in [9.17, 15) is 9.59 Å². The normalized spacial score (nSPS) is 24.3. The molecule has 1 heterocycles. The van der Waals surface area contributed by atoms with Crippen LogP contribution in [0.15, 0.2) is 0 Å². The van der Waals surface area contributed by atoms with Crippen LogP contribution in [0.5, 0.6) is 0 Å².